The maximum atomic E-state index is 5.23. The molecule has 0 aliphatic carbocycles. The van der Waals surface area contributed by atoms with Crippen molar-refractivity contribution in [1.29, 1.82) is 0 Å². The molecular formula is C7H19N3. The predicted octanol–water partition coefficient (Wildman–Crippen LogP) is 0.228. The van der Waals surface area contributed by atoms with Crippen molar-refractivity contribution in [2.75, 3.05) is 13.1 Å². The molecule has 0 aromatic rings. The molecule has 1 saturated heterocycles. The van der Waals surface area contributed by atoms with Crippen molar-refractivity contribution in [2.45, 2.75) is 32.7 Å². The topological polar surface area (TPSA) is 50.1 Å². The molecule has 3 nitrogen and oxygen atoms in total. The molecule has 0 bridgehead atoms. The first-order chi connectivity index (χ1) is 4.93. The summed E-state index contributed by atoms with van der Waals surface area (Å²) in [7, 11) is 0. The zero-order valence-corrected chi connectivity index (χ0v) is 6.98. The van der Waals surface area contributed by atoms with Gasteiger partial charge < -0.3 is 5.32 Å². The van der Waals surface area contributed by atoms with Gasteiger partial charge in [0, 0.05) is 6.04 Å². The van der Waals surface area contributed by atoms with Crippen molar-refractivity contribution < 1.29 is 0 Å². The minimum absolute atomic E-state index is 0.552. The van der Waals surface area contributed by atoms with E-state index < -0.39 is 0 Å². The van der Waals surface area contributed by atoms with Crippen LogP contribution in [0.1, 0.15) is 26.7 Å². The molecule has 3 heteroatoms. The lowest BCUT2D eigenvalue weighted by molar-refractivity contribution is 0.394. The van der Waals surface area contributed by atoms with Gasteiger partial charge in [-0.2, -0.15) is 0 Å². The van der Waals surface area contributed by atoms with Gasteiger partial charge >= 0.3 is 0 Å². The molecule has 1 aliphatic rings. The van der Waals surface area contributed by atoms with Crippen LogP contribution in [-0.4, -0.2) is 19.1 Å². The summed E-state index contributed by atoms with van der Waals surface area (Å²) in [5, 5.41) is 3.25. The van der Waals surface area contributed by atoms with Gasteiger partial charge in [0.2, 0.25) is 0 Å². The Morgan fingerprint density at radius 2 is 1.80 bits per heavy atom. The fraction of sp³-hybridized carbons (Fsp3) is 1.00. The Balaban J connectivity index is 0.000000371. The molecule has 0 aromatic carbocycles. The van der Waals surface area contributed by atoms with Gasteiger partial charge in [0.1, 0.15) is 0 Å². The predicted molar refractivity (Wildman–Crippen MR) is 44.6 cm³/mol. The third-order valence-electron chi connectivity index (χ3n) is 1.57. The van der Waals surface area contributed by atoms with E-state index in [4.69, 9.17) is 5.84 Å². The molecule has 0 unspecified atom stereocenters. The Hall–Kier alpha value is -0.120. The van der Waals surface area contributed by atoms with Crippen molar-refractivity contribution in [1.82, 2.24) is 10.7 Å². The lowest BCUT2D eigenvalue weighted by Gasteiger charge is -2.20. The summed E-state index contributed by atoms with van der Waals surface area (Å²) in [6, 6.07) is 0.552. The van der Waals surface area contributed by atoms with Crippen LogP contribution in [0, 0.1) is 0 Å². The van der Waals surface area contributed by atoms with Crippen molar-refractivity contribution >= 4 is 0 Å². The summed E-state index contributed by atoms with van der Waals surface area (Å²) in [6.07, 6.45) is 2.33. The Kier molecular flexibility index (Phi) is 6.91. The summed E-state index contributed by atoms with van der Waals surface area (Å²) in [5.74, 6) is 5.23. The van der Waals surface area contributed by atoms with Crippen molar-refractivity contribution in [3.63, 3.8) is 0 Å². The summed E-state index contributed by atoms with van der Waals surface area (Å²) >= 11 is 0. The quantitative estimate of drug-likeness (QED) is 0.365. The highest BCUT2D eigenvalue weighted by molar-refractivity contribution is 4.71. The molecule has 0 radical (unpaired) electrons. The Bertz CT molecular complexity index is 59.9. The normalized spacial score (nSPS) is 19.5. The van der Waals surface area contributed by atoms with E-state index in [0.29, 0.717) is 6.04 Å². The molecule has 1 fully saturated rings. The van der Waals surface area contributed by atoms with Gasteiger partial charge in [-0.25, -0.2) is 0 Å². The van der Waals surface area contributed by atoms with E-state index in [9.17, 15) is 0 Å². The molecule has 1 aliphatic heterocycles. The maximum absolute atomic E-state index is 5.23. The third kappa shape index (κ3) is 3.82. The Morgan fingerprint density at radius 1 is 1.30 bits per heavy atom. The highest BCUT2D eigenvalue weighted by Crippen LogP contribution is 1.98. The highest BCUT2D eigenvalue weighted by Gasteiger charge is 2.08. The second kappa shape index (κ2) is 6.99. The lowest BCUT2D eigenvalue weighted by atomic mass is 10.1. The molecule has 10 heavy (non-hydrogen) atoms. The molecule has 0 atom stereocenters. The molecule has 0 spiro atoms. The number of piperidine rings is 1. The van der Waals surface area contributed by atoms with Crippen LogP contribution in [0.5, 0.6) is 0 Å². The Labute approximate surface area is 63.3 Å². The average molecular weight is 145 g/mol. The molecule has 4 N–H and O–H groups in total. The first-order valence-corrected chi connectivity index (χ1v) is 4.10. The van der Waals surface area contributed by atoms with Crippen LogP contribution in [0.2, 0.25) is 0 Å². The van der Waals surface area contributed by atoms with Crippen LogP contribution in [0.3, 0.4) is 0 Å². The van der Waals surface area contributed by atoms with Gasteiger partial charge in [0.15, 0.2) is 0 Å². The molecule has 62 valence electrons. The summed E-state index contributed by atoms with van der Waals surface area (Å²) < 4.78 is 0. The smallest absolute Gasteiger partial charge is 0.0234 e. The zero-order chi connectivity index (χ0) is 7.82. The standard InChI is InChI=1S/C5H13N3.C2H6/c6-8-5-1-3-7-4-2-5;1-2/h5,7-8H,1-4,6H2;1-2H3. The van der Waals surface area contributed by atoms with Gasteiger partial charge in [-0.3, -0.25) is 11.3 Å². The van der Waals surface area contributed by atoms with E-state index >= 15 is 0 Å². The molecule has 1 heterocycles. The van der Waals surface area contributed by atoms with Gasteiger partial charge in [-0.05, 0) is 25.9 Å². The second-order valence-electron chi connectivity index (χ2n) is 2.19. The van der Waals surface area contributed by atoms with E-state index in [-0.39, 0.29) is 0 Å². The van der Waals surface area contributed by atoms with Crippen LogP contribution < -0.4 is 16.6 Å². The van der Waals surface area contributed by atoms with E-state index in [1.807, 2.05) is 13.8 Å². The van der Waals surface area contributed by atoms with Crippen LogP contribution in [0.4, 0.5) is 0 Å². The SMILES string of the molecule is CC.NNC1CCNCC1. The van der Waals surface area contributed by atoms with Gasteiger partial charge in [-0.15, -0.1) is 0 Å². The number of hydrogen-bond donors (Lipinski definition) is 3. The van der Waals surface area contributed by atoms with Crippen LogP contribution >= 0.6 is 0 Å². The maximum Gasteiger partial charge on any atom is 0.0234 e. The Morgan fingerprint density at radius 3 is 2.10 bits per heavy atom. The van der Waals surface area contributed by atoms with E-state index in [1.54, 1.807) is 0 Å². The first kappa shape index (κ1) is 9.88. The van der Waals surface area contributed by atoms with E-state index in [1.165, 1.54) is 0 Å². The minimum atomic E-state index is 0.552. The van der Waals surface area contributed by atoms with Crippen molar-refractivity contribution in [2.24, 2.45) is 5.84 Å². The molecule has 1 rings (SSSR count). The van der Waals surface area contributed by atoms with Crippen LogP contribution in [0.25, 0.3) is 0 Å². The molecule has 0 amide bonds. The molecule has 0 saturated carbocycles. The fourth-order valence-corrected chi connectivity index (χ4v) is 0.989. The minimum Gasteiger partial charge on any atom is -0.317 e. The number of hydrogen-bond acceptors (Lipinski definition) is 3. The lowest BCUT2D eigenvalue weighted by Crippen LogP contribution is -2.43. The highest BCUT2D eigenvalue weighted by atomic mass is 15.2. The monoisotopic (exact) mass is 145 g/mol. The van der Waals surface area contributed by atoms with Gasteiger partial charge in [0.25, 0.3) is 0 Å². The van der Waals surface area contributed by atoms with Crippen molar-refractivity contribution in [3.05, 3.63) is 0 Å². The largest absolute Gasteiger partial charge is 0.317 e. The zero-order valence-electron chi connectivity index (χ0n) is 6.98. The van der Waals surface area contributed by atoms with Crippen molar-refractivity contribution in [3.8, 4) is 0 Å². The van der Waals surface area contributed by atoms with Gasteiger partial charge in [-0.1, -0.05) is 13.8 Å². The number of nitrogens with one attached hydrogen (secondary N) is 2. The first-order valence-electron chi connectivity index (χ1n) is 4.10. The summed E-state index contributed by atoms with van der Waals surface area (Å²) in [5.41, 5.74) is 2.76. The van der Waals surface area contributed by atoms with E-state index in [2.05, 4.69) is 10.7 Å². The average Bonchev–Trinajstić information content (AvgIpc) is 2.10. The molecule has 0 aromatic heterocycles. The number of hydrazine groups is 1. The summed E-state index contributed by atoms with van der Waals surface area (Å²) in [4.78, 5) is 0. The van der Waals surface area contributed by atoms with Gasteiger partial charge in [0.05, 0.1) is 0 Å². The van der Waals surface area contributed by atoms with Crippen LogP contribution in [-0.2, 0) is 0 Å². The number of rotatable bonds is 1. The van der Waals surface area contributed by atoms with E-state index in [0.717, 1.165) is 25.9 Å². The third-order valence-corrected chi connectivity index (χ3v) is 1.57. The van der Waals surface area contributed by atoms with Crippen LogP contribution in [0.15, 0.2) is 0 Å². The number of nitrogens with two attached hydrogens (primary N) is 1. The molecular weight excluding hydrogens is 126 g/mol. The summed E-state index contributed by atoms with van der Waals surface area (Å²) in [6.45, 7) is 6.21. The second-order valence-corrected chi connectivity index (χ2v) is 2.19. The fourth-order valence-electron chi connectivity index (χ4n) is 0.989.